The number of aryl methyl sites for hydroxylation is 1. The summed E-state index contributed by atoms with van der Waals surface area (Å²) in [6, 6.07) is 11.0. The monoisotopic (exact) mass is 381 g/mol. The van der Waals surface area contributed by atoms with Crippen LogP contribution in [0.4, 0.5) is 0 Å². The standard InChI is InChI=1S/C26H27N3/c1-25(2)18-12-13-26(25,3)24-28-19-11-7-6-10-17(19)23-27-20-14-15-8-4-5-9-16(15)21(18)22(20)29(23)24/h6-7,10-11,14,18H,4-5,8-9,12-13H2,1-3H3/t18?,26-/m0/s1. The molecule has 0 radical (unpaired) electrons. The number of para-hydroxylation sites is 1. The van der Waals surface area contributed by atoms with Gasteiger partial charge in [-0.2, -0.15) is 0 Å². The summed E-state index contributed by atoms with van der Waals surface area (Å²) < 4.78 is 2.47. The fourth-order valence-electron chi connectivity index (χ4n) is 6.96. The highest BCUT2D eigenvalue weighted by molar-refractivity contribution is 5.98. The Balaban J connectivity index is 1.79. The van der Waals surface area contributed by atoms with E-state index in [1.54, 1.807) is 16.7 Å². The molecule has 3 heterocycles. The third kappa shape index (κ3) is 1.73. The maximum absolute atomic E-state index is 5.33. The topological polar surface area (TPSA) is 30.2 Å². The van der Waals surface area contributed by atoms with E-state index in [1.165, 1.54) is 60.8 Å². The molecule has 3 nitrogen and oxygen atoms in total. The second-order valence-corrected chi connectivity index (χ2v) is 10.4. The van der Waals surface area contributed by atoms with Gasteiger partial charge >= 0.3 is 0 Å². The van der Waals surface area contributed by atoms with E-state index in [9.17, 15) is 0 Å². The van der Waals surface area contributed by atoms with Crippen molar-refractivity contribution in [1.82, 2.24) is 14.4 Å². The third-order valence-corrected chi connectivity index (χ3v) is 8.96. The molecule has 29 heavy (non-hydrogen) atoms. The molecular weight excluding hydrogens is 354 g/mol. The smallest absolute Gasteiger partial charge is 0.148 e. The van der Waals surface area contributed by atoms with Crippen LogP contribution in [0.15, 0.2) is 30.3 Å². The number of rotatable bonds is 0. The lowest BCUT2D eigenvalue weighted by Crippen LogP contribution is -2.38. The van der Waals surface area contributed by atoms with Crippen LogP contribution in [-0.4, -0.2) is 14.4 Å². The van der Waals surface area contributed by atoms with Crippen molar-refractivity contribution < 1.29 is 0 Å². The average molecular weight is 382 g/mol. The molecule has 2 aromatic carbocycles. The quantitative estimate of drug-likeness (QED) is 0.369. The molecule has 4 aromatic rings. The van der Waals surface area contributed by atoms with Gasteiger partial charge in [0.25, 0.3) is 0 Å². The Hall–Kier alpha value is -2.42. The van der Waals surface area contributed by atoms with Gasteiger partial charge in [-0.1, -0.05) is 32.9 Å². The predicted molar refractivity (Wildman–Crippen MR) is 118 cm³/mol. The van der Waals surface area contributed by atoms with E-state index in [-0.39, 0.29) is 10.8 Å². The lowest BCUT2D eigenvalue weighted by molar-refractivity contribution is 0.193. The number of aromatic nitrogens is 3. The zero-order valence-corrected chi connectivity index (χ0v) is 17.5. The molecule has 1 saturated carbocycles. The van der Waals surface area contributed by atoms with Crippen molar-refractivity contribution in [2.75, 3.05) is 0 Å². The maximum atomic E-state index is 5.33. The molecule has 2 aliphatic carbocycles. The first kappa shape index (κ1) is 16.4. The van der Waals surface area contributed by atoms with Crippen LogP contribution in [-0.2, 0) is 18.3 Å². The summed E-state index contributed by atoms with van der Waals surface area (Å²) >= 11 is 0. The molecule has 0 spiro atoms. The lowest BCUT2D eigenvalue weighted by atomic mass is 9.63. The van der Waals surface area contributed by atoms with Gasteiger partial charge in [-0.25, -0.2) is 9.97 Å². The van der Waals surface area contributed by atoms with Crippen LogP contribution in [0.1, 0.15) is 74.9 Å². The number of nitrogens with zero attached hydrogens (tertiary/aromatic N) is 3. The summed E-state index contributed by atoms with van der Waals surface area (Å²) in [5.41, 5.74) is 9.80. The Morgan fingerprint density at radius 2 is 1.83 bits per heavy atom. The number of imidazole rings is 1. The van der Waals surface area contributed by atoms with Gasteiger partial charge in [-0.15, -0.1) is 0 Å². The van der Waals surface area contributed by atoms with Gasteiger partial charge < -0.3 is 0 Å². The Bertz CT molecular complexity index is 1360. The number of fused-ring (bicyclic) bond motifs is 8. The minimum Gasteiger partial charge on any atom is -0.279 e. The van der Waals surface area contributed by atoms with Crippen molar-refractivity contribution >= 4 is 27.6 Å². The zero-order valence-electron chi connectivity index (χ0n) is 17.5. The van der Waals surface area contributed by atoms with E-state index >= 15 is 0 Å². The van der Waals surface area contributed by atoms with Crippen LogP contribution >= 0.6 is 0 Å². The number of benzene rings is 2. The molecule has 2 atom stereocenters. The molecule has 2 aromatic heterocycles. The van der Waals surface area contributed by atoms with Crippen LogP contribution in [0.3, 0.4) is 0 Å². The third-order valence-electron chi connectivity index (χ3n) is 8.96. The van der Waals surface area contributed by atoms with Gasteiger partial charge in [0.2, 0.25) is 0 Å². The number of hydrogen-bond donors (Lipinski definition) is 0. The molecule has 7 rings (SSSR count). The van der Waals surface area contributed by atoms with Crippen molar-refractivity contribution in [3.8, 4) is 0 Å². The summed E-state index contributed by atoms with van der Waals surface area (Å²) in [6.07, 6.45) is 7.54. The summed E-state index contributed by atoms with van der Waals surface area (Å²) in [6.45, 7) is 7.47. The van der Waals surface area contributed by atoms with Gasteiger partial charge in [-0.05, 0) is 84.7 Å². The highest BCUT2D eigenvalue weighted by atomic mass is 15.1. The Kier molecular flexibility index (Phi) is 2.83. The average Bonchev–Trinajstić information content (AvgIpc) is 3.19. The molecular formula is C26H27N3. The van der Waals surface area contributed by atoms with E-state index < -0.39 is 0 Å². The molecule has 1 aliphatic heterocycles. The molecule has 0 amide bonds. The molecule has 3 heteroatoms. The van der Waals surface area contributed by atoms with Crippen LogP contribution in [0.2, 0.25) is 0 Å². The van der Waals surface area contributed by atoms with Crippen LogP contribution in [0, 0.1) is 5.41 Å². The molecule has 1 fully saturated rings. The van der Waals surface area contributed by atoms with Gasteiger partial charge in [-0.3, -0.25) is 4.40 Å². The van der Waals surface area contributed by atoms with Crippen LogP contribution in [0.25, 0.3) is 27.6 Å². The lowest BCUT2D eigenvalue weighted by Gasteiger charge is -2.40. The van der Waals surface area contributed by atoms with Crippen molar-refractivity contribution in [2.45, 2.75) is 70.6 Å². The molecule has 2 bridgehead atoms. The minimum absolute atomic E-state index is 0.0498. The molecule has 1 unspecified atom stereocenters. The summed E-state index contributed by atoms with van der Waals surface area (Å²) in [5.74, 6) is 1.82. The van der Waals surface area contributed by atoms with E-state index in [1.807, 2.05) is 0 Å². The van der Waals surface area contributed by atoms with E-state index in [0.29, 0.717) is 5.92 Å². The van der Waals surface area contributed by atoms with Crippen molar-refractivity contribution in [2.24, 2.45) is 5.41 Å². The van der Waals surface area contributed by atoms with Crippen molar-refractivity contribution in [1.29, 1.82) is 0 Å². The largest absolute Gasteiger partial charge is 0.279 e. The van der Waals surface area contributed by atoms with Crippen LogP contribution in [0.5, 0.6) is 0 Å². The van der Waals surface area contributed by atoms with Gasteiger partial charge in [0.1, 0.15) is 11.5 Å². The second kappa shape index (κ2) is 5.00. The maximum Gasteiger partial charge on any atom is 0.148 e. The van der Waals surface area contributed by atoms with E-state index in [4.69, 9.17) is 9.97 Å². The van der Waals surface area contributed by atoms with Crippen LogP contribution < -0.4 is 0 Å². The van der Waals surface area contributed by atoms with Gasteiger partial charge in [0, 0.05) is 10.8 Å². The van der Waals surface area contributed by atoms with E-state index in [0.717, 1.165) is 11.2 Å². The zero-order chi connectivity index (χ0) is 19.5. The highest BCUT2D eigenvalue weighted by Crippen LogP contribution is 2.63. The first-order valence-corrected chi connectivity index (χ1v) is 11.3. The van der Waals surface area contributed by atoms with Gasteiger partial charge in [0.15, 0.2) is 0 Å². The Morgan fingerprint density at radius 3 is 2.72 bits per heavy atom. The minimum atomic E-state index is 0.0498. The van der Waals surface area contributed by atoms with Crippen molar-refractivity contribution in [3.63, 3.8) is 0 Å². The molecule has 0 N–H and O–H groups in total. The van der Waals surface area contributed by atoms with E-state index in [2.05, 4.69) is 55.5 Å². The Labute approximate surface area is 171 Å². The normalized spacial score (nSPS) is 27.1. The number of hydrogen-bond acceptors (Lipinski definition) is 2. The van der Waals surface area contributed by atoms with Crippen molar-refractivity contribution in [3.05, 3.63) is 52.8 Å². The first-order valence-electron chi connectivity index (χ1n) is 11.3. The summed E-state index contributed by atoms with van der Waals surface area (Å²) in [5, 5.41) is 1.18. The summed E-state index contributed by atoms with van der Waals surface area (Å²) in [7, 11) is 0. The van der Waals surface area contributed by atoms with Gasteiger partial charge in [0.05, 0.1) is 16.6 Å². The molecule has 146 valence electrons. The highest BCUT2D eigenvalue weighted by Gasteiger charge is 2.57. The summed E-state index contributed by atoms with van der Waals surface area (Å²) in [4.78, 5) is 10.6. The molecule has 3 aliphatic rings. The molecule has 0 saturated heterocycles. The SMILES string of the molecule is CC1(C)C2CC[C@@]1(C)c1nc3ccccc3c3nc4cc5c(c2c4n13)CCCC5. The fraction of sp³-hybridized carbons (Fsp3) is 0.462. The predicted octanol–water partition coefficient (Wildman–Crippen LogP) is 6.09. The first-order chi connectivity index (χ1) is 14.0. The second-order valence-electron chi connectivity index (χ2n) is 10.4. The fourth-order valence-corrected chi connectivity index (χ4v) is 6.96. The Morgan fingerprint density at radius 1 is 1.00 bits per heavy atom.